The van der Waals surface area contributed by atoms with Crippen molar-refractivity contribution in [2.24, 2.45) is 10.9 Å². The summed E-state index contributed by atoms with van der Waals surface area (Å²) in [7, 11) is 2.24. The molecule has 1 heterocycles. The van der Waals surface area contributed by atoms with Gasteiger partial charge in [-0.1, -0.05) is 30.3 Å². The Morgan fingerprint density at radius 3 is 2.78 bits per heavy atom. The van der Waals surface area contributed by atoms with Crippen molar-refractivity contribution >= 4 is 5.96 Å². The quantitative estimate of drug-likeness (QED) is 0.534. The van der Waals surface area contributed by atoms with Gasteiger partial charge in [0.15, 0.2) is 5.96 Å². The van der Waals surface area contributed by atoms with E-state index in [-0.39, 0.29) is 0 Å². The van der Waals surface area contributed by atoms with Crippen molar-refractivity contribution in [2.45, 2.75) is 51.8 Å². The predicted molar refractivity (Wildman–Crippen MR) is 112 cm³/mol. The molecule has 1 aromatic rings. The number of hydrogen-bond acceptors (Lipinski definition) is 3. The van der Waals surface area contributed by atoms with E-state index in [0.717, 1.165) is 44.8 Å². The molecule has 0 bridgehead atoms. The van der Waals surface area contributed by atoms with E-state index >= 15 is 0 Å². The Labute approximate surface area is 164 Å². The zero-order chi connectivity index (χ0) is 19.1. The molecule has 0 amide bonds. The highest BCUT2D eigenvalue weighted by Gasteiger charge is 2.29. The number of likely N-dealkylation sites (N-methyl/N-ethyl adjacent to an activating group) is 1. The van der Waals surface area contributed by atoms with Crippen LogP contribution in [-0.2, 0) is 11.3 Å². The molecule has 27 heavy (non-hydrogen) atoms. The van der Waals surface area contributed by atoms with Gasteiger partial charge in [-0.2, -0.15) is 0 Å². The maximum absolute atomic E-state index is 5.96. The Kier molecular flexibility index (Phi) is 7.53. The Morgan fingerprint density at radius 2 is 2.07 bits per heavy atom. The number of likely N-dealkylation sites (tertiary alicyclic amines) is 1. The molecule has 2 aliphatic rings. The van der Waals surface area contributed by atoms with Crippen LogP contribution in [0.1, 0.15) is 38.7 Å². The molecule has 1 saturated heterocycles. The Hall–Kier alpha value is -1.59. The van der Waals surface area contributed by atoms with Crippen LogP contribution in [0.3, 0.4) is 0 Å². The van der Waals surface area contributed by atoms with Crippen LogP contribution < -0.4 is 5.32 Å². The van der Waals surface area contributed by atoms with Gasteiger partial charge >= 0.3 is 0 Å². The molecule has 2 atom stereocenters. The predicted octanol–water partition coefficient (Wildman–Crippen LogP) is 2.97. The van der Waals surface area contributed by atoms with Crippen molar-refractivity contribution in [2.75, 3.05) is 39.8 Å². The number of ether oxygens (including phenoxy) is 1. The normalized spacial score (nSPS) is 21.7. The number of aliphatic imine (C=N–C) groups is 1. The smallest absolute Gasteiger partial charge is 0.193 e. The second-order valence-electron chi connectivity index (χ2n) is 8.04. The molecule has 2 fully saturated rings. The maximum atomic E-state index is 5.96. The van der Waals surface area contributed by atoms with Gasteiger partial charge in [-0.05, 0) is 45.7 Å². The molecular formula is C22H36N4O. The first-order chi connectivity index (χ1) is 13.2. The molecule has 0 aromatic heterocycles. The summed E-state index contributed by atoms with van der Waals surface area (Å²) in [4.78, 5) is 9.83. The summed E-state index contributed by atoms with van der Waals surface area (Å²) in [6.07, 6.45) is 3.87. The van der Waals surface area contributed by atoms with Gasteiger partial charge in [-0.25, -0.2) is 0 Å². The van der Waals surface area contributed by atoms with Crippen molar-refractivity contribution in [1.29, 1.82) is 0 Å². The number of guanidine groups is 1. The Bertz CT molecular complexity index is 587. The third-order valence-corrected chi connectivity index (χ3v) is 5.71. The van der Waals surface area contributed by atoms with E-state index in [0.29, 0.717) is 18.6 Å². The maximum Gasteiger partial charge on any atom is 0.193 e. The highest BCUT2D eigenvalue weighted by atomic mass is 16.5. The average molecular weight is 373 g/mol. The van der Waals surface area contributed by atoms with Crippen LogP contribution in [0.25, 0.3) is 0 Å². The lowest BCUT2D eigenvalue weighted by Crippen LogP contribution is -2.41. The van der Waals surface area contributed by atoms with Gasteiger partial charge in [0, 0.05) is 37.6 Å². The highest BCUT2D eigenvalue weighted by Crippen LogP contribution is 2.27. The fourth-order valence-electron chi connectivity index (χ4n) is 3.69. The fourth-order valence-corrected chi connectivity index (χ4v) is 3.69. The lowest BCUT2D eigenvalue weighted by Gasteiger charge is -2.25. The molecule has 0 radical (unpaired) electrons. The molecule has 3 rings (SSSR count). The van der Waals surface area contributed by atoms with Gasteiger partial charge in [0.1, 0.15) is 0 Å². The highest BCUT2D eigenvalue weighted by molar-refractivity contribution is 5.80. The number of rotatable bonds is 9. The van der Waals surface area contributed by atoms with E-state index in [9.17, 15) is 0 Å². The molecule has 5 heteroatoms. The summed E-state index contributed by atoms with van der Waals surface area (Å²) in [6, 6.07) is 11.7. The van der Waals surface area contributed by atoms with Crippen molar-refractivity contribution in [3.63, 3.8) is 0 Å². The first-order valence-corrected chi connectivity index (χ1v) is 10.5. The molecule has 0 spiro atoms. The first kappa shape index (κ1) is 20.2. The van der Waals surface area contributed by atoms with Gasteiger partial charge in [0.2, 0.25) is 0 Å². The van der Waals surface area contributed by atoms with E-state index in [4.69, 9.17) is 9.73 Å². The lowest BCUT2D eigenvalue weighted by molar-refractivity contribution is 0.0906. The second kappa shape index (κ2) is 10.1. The van der Waals surface area contributed by atoms with Crippen molar-refractivity contribution in [3.8, 4) is 0 Å². The van der Waals surface area contributed by atoms with Crippen molar-refractivity contribution < 1.29 is 4.74 Å². The summed E-state index contributed by atoms with van der Waals surface area (Å²) < 4.78 is 5.96. The number of nitrogens with zero attached hydrogens (tertiary/aromatic N) is 3. The monoisotopic (exact) mass is 372 g/mol. The van der Waals surface area contributed by atoms with Crippen molar-refractivity contribution in [3.05, 3.63) is 35.9 Å². The molecular weight excluding hydrogens is 336 g/mol. The molecule has 1 N–H and O–H groups in total. The van der Waals surface area contributed by atoms with Gasteiger partial charge < -0.3 is 15.0 Å². The Balaban J connectivity index is 1.44. The minimum atomic E-state index is 0.499. The van der Waals surface area contributed by atoms with Crippen LogP contribution in [0.2, 0.25) is 0 Å². The summed E-state index contributed by atoms with van der Waals surface area (Å²) >= 11 is 0. The van der Waals surface area contributed by atoms with Crippen LogP contribution in [-0.4, -0.2) is 67.7 Å². The Morgan fingerprint density at radius 1 is 1.30 bits per heavy atom. The van der Waals surface area contributed by atoms with E-state index in [2.05, 4.69) is 60.3 Å². The third-order valence-electron chi connectivity index (χ3n) is 5.71. The number of hydrogen-bond donors (Lipinski definition) is 1. The topological polar surface area (TPSA) is 40.1 Å². The molecule has 1 aromatic carbocycles. The van der Waals surface area contributed by atoms with Crippen LogP contribution in [0.5, 0.6) is 0 Å². The molecule has 1 aliphatic heterocycles. The van der Waals surface area contributed by atoms with Gasteiger partial charge in [0.05, 0.1) is 19.8 Å². The molecule has 1 saturated carbocycles. The van der Waals surface area contributed by atoms with E-state index in [1.807, 2.05) is 6.07 Å². The molecule has 150 valence electrons. The number of benzene rings is 1. The van der Waals surface area contributed by atoms with Crippen LogP contribution in [0.15, 0.2) is 35.3 Å². The van der Waals surface area contributed by atoms with Gasteiger partial charge in [0.25, 0.3) is 0 Å². The van der Waals surface area contributed by atoms with E-state index in [1.54, 1.807) is 0 Å². The average Bonchev–Trinajstić information content (AvgIpc) is 3.44. The second-order valence-corrected chi connectivity index (χ2v) is 8.04. The first-order valence-electron chi connectivity index (χ1n) is 10.5. The summed E-state index contributed by atoms with van der Waals surface area (Å²) in [6.45, 7) is 9.84. The largest absolute Gasteiger partial charge is 0.376 e. The standard InChI is InChI=1S/C22H36N4O/c1-4-23-22(24-14-18(2)25(3)21-10-11-21)26-13-12-20(15-26)17-27-16-19-8-6-5-7-9-19/h5-9,18,20-21H,4,10-17H2,1-3H3,(H,23,24). The van der Waals surface area contributed by atoms with E-state index < -0.39 is 0 Å². The van der Waals surface area contributed by atoms with E-state index in [1.165, 1.54) is 24.8 Å². The molecule has 5 nitrogen and oxygen atoms in total. The SMILES string of the molecule is CCNC(=NCC(C)N(C)C1CC1)N1CCC(COCc2ccccc2)C1. The molecule has 2 unspecified atom stereocenters. The zero-order valence-corrected chi connectivity index (χ0v) is 17.2. The zero-order valence-electron chi connectivity index (χ0n) is 17.2. The lowest BCUT2D eigenvalue weighted by atomic mass is 10.1. The van der Waals surface area contributed by atoms with Crippen LogP contribution >= 0.6 is 0 Å². The third kappa shape index (κ3) is 6.22. The van der Waals surface area contributed by atoms with Crippen LogP contribution in [0, 0.1) is 5.92 Å². The molecule has 1 aliphatic carbocycles. The van der Waals surface area contributed by atoms with Gasteiger partial charge in [-0.3, -0.25) is 9.89 Å². The minimum absolute atomic E-state index is 0.499. The fraction of sp³-hybridized carbons (Fsp3) is 0.682. The summed E-state index contributed by atoms with van der Waals surface area (Å²) in [5, 5.41) is 3.48. The summed E-state index contributed by atoms with van der Waals surface area (Å²) in [5.74, 6) is 1.66. The van der Waals surface area contributed by atoms with Crippen LogP contribution in [0.4, 0.5) is 0 Å². The van der Waals surface area contributed by atoms with Gasteiger partial charge in [-0.15, -0.1) is 0 Å². The summed E-state index contributed by atoms with van der Waals surface area (Å²) in [5.41, 5.74) is 1.25. The number of nitrogens with one attached hydrogen (secondary N) is 1. The van der Waals surface area contributed by atoms with Crippen molar-refractivity contribution in [1.82, 2.24) is 15.1 Å². The minimum Gasteiger partial charge on any atom is -0.376 e.